The predicted molar refractivity (Wildman–Crippen MR) is 80.2 cm³/mol. The molecule has 1 saturated heterocycles. The van der Waals surface area contributed by atoms with Crippen LogP contribution in [0.2, 0.25) is 0 Å². The minimum absolute atomic E-state index is 0.476. The number of piperidine rings is 1. The fourth-order valence-electron chi connectivity index (χ4n) is 2.52. The summed E-state index contributed by atoms with van der Waals surface area (Å²) < 4.78 is 11.1. The van der Waals surface area contributed by atoms with Crippen molar-refractivity contribution in [3.63, 3.8) is 0 Å². The Kier molecular flexibility index (Phi) is 5.44. The number of rotatable bonds is 6. The molecule has 1 aliphatic heterocycles. The van der Waals surface area contributed by atoms with E-state index in [1.807, 2.05) is 25.1 Å². The van der Waals surface area contributed by atoms with Gasteiger partial charge in [-0.2, -0.15) is 0 Å². The summed E-state index contributed by atoms with van der Waals surface area (Å²) in [6.07, 6.45) is 1.43. The zero-order valence-electron chi connectivity index (χ0n) is 12.6. The first-order valence-electron chi connectivity index (χ1n) is 7.48. The lowest BCUT2D eigenvalue weighted by molar-refractivity contribution is -0.144. The molecule has 5 heteroatoms. The van der Waals surface area contributed by atoms with Gasteiger partial charge in [0.25, 0.3) is 0 Å². The Morgan fingerprint density at radius 2 is 2.29 bits per heavy atom. The first-order valence-corrected chi connectivity index (χ1v) is 7.48. The monoisotopic (exact) mass is 293 g/mol. The van der Waals surface area contributed by atoms with Crippen molar-refractivity contribution in [3.8, 4) is 11.5 Å². The average molecular weight is 293 g/mol. The molecule has 1 heterocycles. The van der Waals surface area contributed by atoms with E-state index in [9.17, 15) is 4.79 Å². The van der Waals surface area contributed by atoms with Crippen LogP contribution < -0.4 is 14.8 Å². The number of nitrogens with one attached hydrogen (secondary N) is 1. The molecule has 0 aliphatic carbocycles. The van der Waals surface area contributed by atoms with E-state index in [2.05, 4.69) is 5.32 Å². The molecule has 1 aromatic carbocycles. The van der Waals surface area contributed by atoms with Crippen molar-refractivity contribution >= 4 is 5.97 Å². The summed E-state index contributed by atoms with van der Waals surface area (Å²) in [6, 6.07) is 5.80. The van der Waals surface area contributed by atoms with Gasteiger partial charge in [0.15, 0.2) is 17.6 Å². The second-order valence-electron chi connectivity index (χ2n) is 5.28. The van der Waals surface area contributed by atoms with E-state index in [0.717, 1.165) is 19.5 Å². The van der Waals surface area contributed by atoms with Gasteiger partial charge in [0.05, 0.1) is 6.61 Å². The standard InChI is InChI=1S/C16H23NO4/c1-3-20-15-9-12(13-5-4-8-17-10-13)6-7-14(15)21-11(2)16(18)19/h6-7,9,11,13,17H,3-5,8,10H2,1-2H3,(H,18,19). The Morgan fingerprint density at radius 1 is 1.48 bits per heavy atom. The number of carboxylic acids is 1. The minimum Gasteiger partial charge on any atom is -0.490 e. The molecule has 0 aromatic heterocycles. The van der Waals surface area contributed by atoms with E-state index in [-0.39, 0.29) is 0 Å². The van der Waals surface area contributed by atoms with Gasteiger partial charge >= 0.3 is 5.97 Å². The second-order valence-corrected chi connectivity index (χ2v) is 5.28. The van der Waals surface area contributed by atoms with E-state index in [4.69, 9.17) is 14.6 Å². The normalized spacial score (nSPS) is 19.8. The molecule has 0 radical (unpaired) electrons. The van der Waals surface area contributed by atoms with Gasteiger partial charge in [-0.15, -0.1) is 0 Å². The summed E-state index contributed by atoms with van der Waals surface area (Å²) >= 11 is 0. The summed E-state index contributed by atoms with van der Waals surface area (Å²) in [5.74, 6) is 0.592. The molecule has 21 heavy (non-hydrogen) atoms. The van der Waals surface area contributed by atoms with Crippen LogP contribution in [0.4, 0.5) is 0 Å². The Balaban J connectivity index is 2.19. The Bertz CT molecular complexity index is 483. The maximum Gasteiger partial charge on any atom is 0.344 e. The van der Waals surface area contributed by atoms with Crippen LogP contribution in [0.3, 0.4) is 0 Å². The smallest absolute Gasteiger partial charge is 0.344 e. The third-order valence-corrected chi connectivity index (χ3v) is 3.69. The van der Waals surface area contributed by atoms with Gasteiger partial charge in [0, 0.05) is 6.54 Å². The minimum atomic E-state index is -0.988. The van der Waals surface area contributed by atoms with Gasteiger partial charge in [-0.1, -0.05) is 6.07 Å². The molecular weight excluding hydrogens is 270 g/mol. The number of carbonyl (C=O) groups is 1. The lowest BCUT2D eigenvalue weighted by Crippen LogP contribution is -2.28. The first kappa shape index (κ1) is 15.6. The van der Waals surface area contributed by atoms with Gasteiger partial charge in [-0.25, -0.2) is 4.79 Å². The quantitative estimate of drug-likeness (QED) is 0.843. The molecule has 5 nitrogen and oxygen atoms in total. The number of hydrogen-bond donors (Lipinski definition) is 2. The zero-order chi connectivity index (χ0) is 15.2. The largest absolute Gasteiger partial charge is 0.490 e. The number of aliphatic carboxylic acids is 1. The molecule has 2 N–H and O–H groups in total. The molecule has 2 rings (SSSR count). The number of benzene rings is 1. The van der Waals surface area contributed by atoms with E-state index >= 15 is 0 Å². The van der Waals surface area contributed by atoms with Crippen molar-refractivity contribution in [2.24, 2.45) is 0 Å². The van der Waals surface area contributed by atoms with Crippen LogP contribution in [0, 0.1) is 0 Å². The van der Waals surface area contributed by atoms with Crippen LogP contribution in [0.15, 0.2) is 18.2 Å². The Morgan fingerprint density at radius 3 is 2.90 bits per heavy atom. The summed E-state index contributed by atoms with van der Waals surface area (Å²) in [7, 11) is 0. The van der Waals surface area contributed by atoms with Crippen molar-refractivity contribution in [1.29, 1.82) is 0 Å². The Labute approximate surface area is 125 Å². The Hall–Kier alpha value is -1.75. The highest BCUT2D eigenvalue weighted by atomic mass is 16.5. The lowest BCUT2D eigenvalue weighted by atomic mass is 9.91. The third-order valence-electron chi connectivity index (χ3n) is 3.69. The molecule has 1 fully saturated rings. The summed E-state index contributed by atoms with van der Waals surface area (Å²) in [5, 5.41) is 12.3. The van der Waals surface area contributed by atoms with Crippen LogP contribution >= 0.6 is 0 Å². The van der Waals surface area contributed by atoms with Crippen LogP contribution in [0.5, 0.6) is 11.5 Å². The van der Waals surface area contributed by atoms with E-state index < -0.39 is 12.1 Å². The summed E-state index contributed by atoms with van der Waals surface area (Å²) in [5.41, 5.74) is 1.21. The van der Waals surface area contributed by atoms with Crippen molar-refractivity contribution in [2.75, 3.05) is 19.7 Å². The highest BCUT2D eigenvalue weighted by molar-refractivity contribution is 5.72. The molecule has 116 valence electrons. The van der Waals surface area contributed by atoms with Gasteiger partial charge in [0.2, 0.25) is 0 Å². The fraction of sp³-hybridized carbons (Fsp3) is 0.562. The molecule has 0 saturated carbocycles. The van der Waals surface area contributed by atoms with Crippen molar-refractivity contribution < 1.29 is 19.4 Å². The maximum atomic E-state index is 10.9. The van der Waals surface area contributed by atoms with Crippen LogP contribution in [0.1, 0.15) is 38.2 Å². The average Bonchev–Trinajstić information content (AvgIpc) is 2.50. The zero-order valence-corrected chi connectivity index (χ0v) is 12.6. The van der Waals surface area contributed by atoms with Crippen molar-refractivity contribution in [2.45, 2.75) is 38.7 Å². The molecule has 0 spiro atoms. The third kappa shape index (κ3) is 4.11. The SMILES string of the molecule is CCOc1cc(C2CCCNC2)ccc1OC(C)C(=O)O. The van der Waals surface area contributed by atoms with Gasteiger partial charge in [-0.05, 0) is 56.8 Å². The molecule has 2 atom stereocenters. The number of carboxylic acid groups (broad SMARTS) is 1. The van der Waals surface area contributed by atoms with Crippen LogP contribution in [0.25, 0.3) is 0 Å². The van der Waals surface area contributed by atoms with Gasteiger partial charge in [0.1, 0.15) is 0 Å². The van der Waals surface area contributed by atoms with E-state index in [1.54, 1.807) is 0 Å². The van der Waals surface area contributed by atoms with E-state index in [1.165, 1.54) is 18.9 Å². The molecule has 0 amide bonds. The molecule has 0 bridgehead atoms. The molecule has 1 aromatic rings. The topological polar surface area (TPSA) is 67.8 Å². The highest BCUT2D eigenvalue weighted by Crippen LogP contribution is 2.33. The highest BCUT2D eigenvalue weighted by Gasteiger charge is 2.19. The summed E-state index contributed by atoms with van der Waals surface area (Å²) in [6.45, 7) is 5.98. The van der Waals surface area contributed by atoms with Gasteiger partial charge in [-0.3, -0.25) is 0 Å². The molecule has 2 unspecified atom stereocenters. The van der Waals surface area contributed by atoms with Crippen LogP contribution in [-0.2, 0) is 4.79 Å². The maximum absolute atomic E-state index is 10.9. The van der Waals surface area contributed by atoms with Gasteiger partial charge < -0.3 is 19.9 Å². The predicted octanol–water partition coefficient (Wildman–Crippen LogP) is 2.40. The fourth-order valence-corrected chi connectivity index (χ4v) is 2.52. The van der Waals surface area contributed by atoms with Crippen molar-refractivity contribution in [1.82, 2.24) is 5.32 Å². The lowest BCUT2D eigenvalue weighted by Gasteiger charge is -2.24. The second kappa shape index (κ2) is 7.31. The number of ether oxygens (including phenoxy) is 2. The first-order chi connectivity index (χ1) is 10.1. The number of hydrogen-bond acceptors (Lipinski definition) is 4. The van der Waals surface area contributed by atoms with E-state index in [0.29, 0.717) is 24.0 Å². The van der Waals surface area contributed by atoms with Crippen molar-refractivity contribution in [3.05, 3.63) is 23.8 Å². The molecule has 1 aliphatic rings. The molecular formula is C16H23NO4. The summed E-state index contributed by atoms with van der Waals surface area (Å²) in [4.78, 5) is 10.9. The van der Waals surface area contributed by atoms with Crippen LogP contribution in [-0.4, -0.2) is 36.9 Å².